The SMILES string of the molecule is Cc1ccc(Cl)cc1-n1ncc2c(=O)n(CC(=O)Nc3cc(F)ccc3F)cnc21. The van der Waals surface area contributed by atoms with Gasteiger partial charge in [0, 0.05) is 11.1 Å². The quantitative estimate of drug-likeness (QED) is 0.538. The highest BCUT2D eigenvalue weighted by Crippen LogP contribution is 2.21. The normalized spacial score (nSPS) is 11.1. The molecule has 0 aliphatic heterocycles. The van der Waals surface area contributed by atoms with Crippen LogP contribution in [0.15, 0.2) is 53.7 Å². The fourth-order valence-electron chi connectivity index (χ4n) is 2.99. The lowest BCUT2D eigenvalue weighted by atomic mass is 10.2. The lowest BCUT2D eigenvalue weighted by Gasteiger charge is -2.09. The molecule has 30 heavy (non-hydrogen) atoms. The first-order valence-electron chi connectivity index (χ1n) is 8.78. The molecule has 0 atom stereocenters. The van der Waals surface area contributed by atoms with Crippen molar-refractivity contribution >= 4 is 34.2 Å². The molecule has 0 saturated heterocycles. The molecule has 0 bridgehead atoms. The van der Waals surface area contributed by atoms with E-state index in [0.29, 0.717) is 16.4 Å². The number of nitrogens with one attached hydrogen (secondary N) is 1. The molecule has 0 fully saturated rings. The number of halogens is 3. The summed E-state index contributed by atoms with van der Waals surface area (Å²) in [5.41, 5.74) is 1.04. The molecule has 7 nitrogen and oxygen atoms in total. The largest absolute Gasteiger partial charge is 0.322 e. The van der Waals surface area contributed by atoms with Crippen LogP contribution in [-0.4, -0.2) is 25.2 Å². The Balaban J connectivity index is 1.65. The van der Waals surface area contributed by atoms with E-state index in [0.717, 1.165) is 28.3 Å². The lowest BCUT2D eigenvalue weighted by molar-refractivity contribution is -0.116. The molecule has 2 heterocycles. The molecular formula is C20H14ClF2N5O2. The van der Waals surface area contributed by atoms with Crippen molar-refractivity contribution in [3.8, 4) is 5.69 Å². The number of benzene rings is 2. The van der Waals surface area contributed by atoms with Crippen LogP contribution in [0.3, 0.4) is 0 Å². The molecule has 2 aromatic heterocycles. The lowest BCUT2D eigenvalue weighted by Crippen LogP contribution is -2.28. The third-order valence-electron chi connectivity index (χ3n) is 4.47. The van der Waals surface area contributed by atoms with Crippen LogP contribution in [0.2, 0.25) is 5.02 Å². The van der Waals surface area contributed by atoms with Crippen molar-refractivity contribution in [3.05, 3.63) is 81.5 Å². The fraction of sp³-hybridized carbons (Fsp3) is 0.100. The Morgan fingerprint density at radius 3 is 2.80 bits per heavy atom. The van der Waals surface area contributed by atoms with Crippen LogP contribution in [0, 0.1) is 18.6 Å². The molecule has 0 spiro atoms. The first-order chi connectivity index (χ1) is 14.3. The van der Waals surface area contributed by atoms with Crippen molar-refractivity contribution in [2.45, 2.75) is 13.5 Å². The average Bonchev–Trinajstić information content (AvgIpc) is 3.13. The molecule has 4 rings (SSSR count). The zero-order valence-corrected chi connectivity index (χ0v) is 16.3. The van der Waals surface area contributed by atoms with Crippen LogP contribution in [0.5, 0.6) is 0 Å². The summed E-state index contributed by atoms with van der Waals surface area (Å²) in [7, 11) is 0. The highest BCUT2D eigenvalue weighted by Gasteiger charge is 2.15. The highest BCUT2D eigenvalue weighted by atomic mass is 35.5. The van der Waals surface area contributed by atoms with Crippen LogP contribution >= 0.6 is 11.6 Å². The Hall–Kier alpha value is -3.59. The number of anilines is 1. The minimum Gasteiger partial charge on any atom is -0.322 e. The standard InChI is InChI=1S/C20H14ClF2N5O2/c1-11-2-3-12(21)6-17(11)28-19-14(8-25-28)20(30)27(10-24-19)9-18(29)26-16-7-13(22)4-5-15(16)23/h2-8,10H,9H2,1H3,(H,26,29). The molecule has 1 amide bonds. The van der Waals surface area contributed by atoms with Gasteiger partial charge in [-0.1, -0.05) is 17.7 Å². The molecule has 0 aliphatic carbocycles. The molecule has 1 N–H and O–H groups in total. The molecular weight excluding hydrogens is 416 g/mol. The Bertz CT molecular complexity index is 1350. The number of aromatic nitrogens is 4. The van der Waals surface area contributed by atoms with Gasteiger partial charge >= 0.3 is 0 Å². The minimum absolute atomic E-state index is 0.196. The van der Waals surface area contributed by atoms with Gasteiger partial charge in [0.1, 0.15) is 29.9 Å². The summed E-state index contributed by atoms with van der Waals surface area (Å²) in [6.45, 7) is 1.44. The van der Waals surface area contributed by atoms with E-state index in [1.165, 1.54) is 17.2 Å². The van der Waals surface area contributed by atoms with Gasteiger partial charge in [-0.15, -0.1) is 0 Å². The van der Waals surface area contributed by atoms with Crippen LogP contribution in [0.1, 0.15) is 5.56 Å². The molecule has 0 radical (unpaired) electrons. The fourth-order valence-corrected chi connectivity index (χ4v) is 3.15. The van der Waals surface area contributed by atoms with Gasteiger partial charge in [-0.2, -0.15) is 5.10 Å². The number of rotatable bonds is 4. The Labute approximate surface area is 173 Å². The predicted molar refractivity (Wildman–Crippen MR) is 108 cm³/mol. The van der Waals surface area contributed by atoms with Crippen LogP contribution in [0.25, 0.3) is 16.7 Å². The van der Waals surface area contributed by atoms with Crippen molar-refractivity contribution < 1.29 is 13.6 Å². The second-order valence-corrected chi connectivity index (χ2v) is 7.01. The van der Waals surface area contributed by atoms with Gasteiger partial charge < -0.3 is 5.32 Å². The van der Waals surface area contributed by atoms with Gasteiger partial charge in [0.25, 0.3) is 5.56 Å². The maximum Gasteiger partial charge on any atom is 0.264 e. The van der Waals surface area contributed by atoms with Crippen molar-refractivity contribution in [2.24, 2.45) is 0 Å². The van der Waals surface area contributed by atoms with E-state index < -0.39 is 29.6 Å². The number of hydrogen-bond donors (Lipinski definition) is 1. The zero-order chi connectivity index (χ0) is 21.4. The van der Waals surface area contributed by atoms with Gasteiger partial charge in [-0.25, -0.2) is 18.4 Å². The van der Waals surface area contributed by atoms with E-state index in [9.17, 15) is 18.4 Å². The number of amides is 1. The summed E-state index contributed by atoms with van der Waals surface area (Å²) in [5, 5.41) is 7.17. The molecule has 152 valence electrons. The second-order valence-electron chi connectivity index (χ2n) is 6.57. The molecule has 0 aliphatic rings. The Morgan fingerprint density at radius 1 is 1.20 bits per heavy atom. The molecule has 0 unspecified atom stereocenters. The molecule has 0 saturated carbocycles. The number of carbonyl (C=O) groups excluding carboxylic acids is 1. The first kappa shape index (κ1) is 19.7. The van der Waals surface area contributed by atoms with E-state index in [1.54, 1.807) is 12.1 Å². The smallest absolute Gasteiger partial charge is 0.264 e. The van der Waals surface area contributed by atoms with E-state index in [2.05, 4.69) is 15.4 Å². The monoisotopic (exact) mass is 429 g/mol. The third-order valence-corrected chi connectivity index (χ3v) is 4.71. The highest BCUT2D eigenvalue weighted by molar-refractivity contribution is 6.30. The predicted octanol–water partition coefficient (Wildman–Crippen LogP) is 3.46. The maximum absolute atomic E-state index is 13.7. The maximum atomic E-state index is 13.7. The first-order valence-corrected chi connectivity index (χ1v) is 9.16. The molecule has 2 aromatic carbocycles. The summed E-state index contributed by atoms with van der Waals surface area (Å²) >= 11 is 6.06. The van der Waals surface area contributed by atoms with Gasteiger partial charge in [-0.3, -0.25) is 14.2 Å². The van der Waals surface area contributed by atoms with Gasteiger partial charge in [0.2, 0.25) is 5.91 Å². The van der Waals surface area contributed by atoms with Crippen molar-refractivity contribution in [1.82, 2.24) is 19.3 Å². The molecule has 10 heteroatoms. The van der Waals surface area contributed by atoms with Crippen LogP contribution in [0.4, 0.5) is 14.5 Å². The summed E-state index contributed by atoms with van der Waals surface area (Å²) < 4.78 is 29.5. The van der Waals surface area contributed by atoms with Gasteiger partial charge in [0.15, 0.2) is 5.65 Å². The summed E-state index contributed by atoms with van der Waals surface area (Å²) in [5.74, 6) is -2.19. The number of hydrogen-bond acceptors (Lipinski definition) is 4. The summed E-state index contributed by atoms with van der Waals surface area (Å²) in [4.78, 5) is 29.2. The van der Waals surface area contributed by atoms with E-state index >= 15 is 0 Å². The van der Waals surface area contributed by atoms with Gasteiger partial charge in [0.05, 0.1) is 17.6 Å². The number of aryl methyl sites for hydroxylation is 1. The number of nitrogens with zero attached hydrogens (tertiary/aromatic N) is 4. The van der Waals surface area contributed by atoms with Crippen LogP contribution < -0.4 is 10.9 Å². The van der Waals surface area contributed by atoms with E-state index in [-0.39, 0.29) is 11.1 Å². The Morgan fingerprint density at radius 2 is 2.00 bits per heavy atom. The summed E-state index contributed by atoms with van der Waals surface area (Å²) in [6, 6.07) is 7.96. The van der Waals surface area contributed by atoms with Crippen molar-refractivity contribution in [1.29, 1.82) is 0 Å². The summed E-state index contributed by atoms with van der Waals surface area (Å²) in [6.07, 6.45) is 2.55. The van der Waals surface area contributed by atoms with Crippen LogP contribution in [-0.2, 0) is 11.3 Å². The minimum atomic E-state index is -0.788. The number of carbonyl (C=O) groups is 1. The van der Waals surface area contributed by atoms with Crippen molar-refractivity contribution in [2.75, 3.05) is 5.32 Å². The number of fused-ring (bicyclic) bond motifs is 1. The third kappa shape index (κ3) is 3.67. The molecule has 4 aromatic rings. The Kier molecular flexibility index (Phi) is 5.04. The average molecular weight is 430 g/mol. The second kappa shape index (κ2) is 7.68. The van der Waals surface area contributed by atoms with E-state index in [1.807, 2.05) is 13.0 Å². The van der Waals surface area contributed by atoms with Gasteiger partial charge in [-0.05, 0) is 36.8 Å². The topological polar surface area (TPSA) is 81.8 Å². The van der Waals surface area contributed by atoms with E-state index in [4.69, 9.17) is 11.6 Å². The van der Waals surface area contributed by atoms with Crippen molar-refractivity contribution in [3.63, 3.8) is 0 Å². The zero-order valence-electron chi connectivity index (χ0n) is 15.6.